The smallest absolute Gasteiger partial charge is 0.280 e. The van der Waals surface area contributed by atoms with E-state index in [-0.39, 0.29) is 47.7 Å². The molecule has 3 N–H and O–H groups in total. The van der Waals surface area contributed by atoms with Crippen LogP contribution in [0.4, 0.5) is 5.95 Å². The predicted molar refractivity (Wildman–Crippen MR) is 60.4 cm³/mol. The quantitative estimate of drug-likeness (QED) is 0.609. The Balaban J connectivity index is 0.000000980. The number of aromatic amines is 1. The molecule has 2 heterocycles. The lowest BCUT2D eigenvalue weighted by molar-refractivity contribution is 0.674. The molecular weight excluding hydrogens is 241 g/mol. The zero-order valence-electron chi connectivity index (χ0n) is 7.93. The van der Waals surface area contributed by atoms with Gasteiger partial charge in [0, 0.05) is 0 Å². The topological polar surface area (TPSA) is 96.5 Å². The Kier molecular flexibility index (Phi) is 4.70. The Hall–Kier alpha value is -1.14. The van der Waals surface area contributed by atoms with Crippen LogP contribution in [0.2, 0.25) is 0 Å². The van der Waals surface area contributed by atoms with Crippen molar-refractivity contribution in [2.45, 2.75) is 13.0 Å². The Labute approximate surface area is 97.6 Å². The highest BCUT2D eigenvalue weighted by Crippen LogP contribution is 1.88. The third-order valence-corrected chi connectivity index (χ3v) is 1.75. The molecule has 0 spiro atoms. The Bertz CT molecular complexity index is 511. The van der Waals surface area contributed by atoms with Crippen molar-refractivity contribution in [3.63, 3.8) is 0 Å². The molecule has 1 atom stereocenters. The van der Waals surface area contributed by atoms with Crippen LogP contribution in [0.3, 0.4) is 0 Å². The second-order valence-corrected chi connectivity index (χ2v) is 2.94. The van der Waals surface area contributed by atoms with E-state index >= 15 is 0 Å². The highest BCUT2D eigenvalue weighted by molar-refractivity contribution is 5.85. The fourth-order valence-corrected chi connectivity index (χ4v) is 1.18. The van der Waals surface area contributed by atoms with Gasteiger partial charge in [0.2, 0.25) is 5.95 Å². The summed E-state index contributed by atoms with van der Waals surface area (Å²) >= 11 is 0. The number of hydrogen-bond donors (Lipinski definition) is 2. The van der Waals surface area contributed by atoms with Crippen molar-refractivity contribution in [1.82, 2.24) is 9.97 Å². The lowest BCUT2D eigenvalue weighted by atomic mass is 10.3. The lowest BCUT2D eigenvalue weighted by Gasteiger charge is -2.05. The maximum Gasteiger partial charge on any atom is 0.280 e. The summed E-state index contributed by atoms with van der Waals surface area (Å²) in [6.45, 7) is 2.45. The van der Waals surface area contributed by atoms with Crippen molar-refractivity contribution in [2.75, 3.05) is 12.3 Å². The van der Waals surface area contributed by atoms with E-state index in [1.807, 2.05) is 6.92 Å². The zero-order chi connectivity index (χ0) is 9.42. The van der Waals surface area contributed by atoms with E-state index in [4.69, 9.17) is 5.73 Å². The van der Waals surface area contributed by atoms with Gasteiger partial charge in [0.25, 0.3) is 5.56 Å². The number of H-pyrrole nitrogens is 1. The fourth-order valence-electron chi connectivity index (χ4n) is 1.18. The minimum Gasteiger partial charge on any atom is -0.369 e. The van der Waals surface area contributed by atoms with Crippen molar-refractivity contribution in [3.8, 4) is 0 Å². The van der Waals surface area contributed by atoms with Crippen LogP contribution in [0, 0.1) is 0 Å². The first-order valence-electron chi connectivity index (χ1n) is 3.95. The molecule has 1 unspecified atom stereocenters. The van der Waals surface area contributed by atoms with Gasteiger partial charge in [-0.25, -0.2) is 0 Å². The van der Waals surface area contributed by atoms with Crippen LogP contribution in [0.5, 0.6) is 0 Å². The van der Waals surface area contributed by atoms with Gasteiger partial charge in [0.15, 0.2) is 10.8 Å². The first-order valence-corrected chi connectivity index (χ1v) is 3.95. The van der Waals surface area contributed by atoms with Gasteiger partial charge in [-0.2, -0.15) is 4.98 Å². The third kappa shape index (κ3) is 2.66. The predicted octanol–water partition coefficient (Wildman–Crippen LogP) is -1.16. The average Bonchev–Trinajstić information content (AvgIpc) is 2.06. The maximum absolute atomic E-state index is 11.3. The van der Waals surface area contributed by atoms with E-state index in [2.05, 4.69) is 20.0 Å². The minimum absolute atomic E-state index is 0. The Morgan fingerprint density at radius 1 is 1.47 bits per heavy atom. The summed E-state index contributed by atoms with van der Waals surface area (Å²) in [5.41, 5.74) is 5.37. The maximum atomic E-state index is 11.3. The second-order valence-electron chi connectivity index (χ2n) is 2.94. The first kappa shape index (κ1) is 13.9. The summed E-state index contributed by atoms with van der Waals surface area (Å²) in [4.78, 5) is 25.8. The number of nitrogens with zero attached hydrogens (tertiary/aromatic N) is 3. The Morgan fingerprint density at radius 2 is 2.13 bits per heavy atom. The van der Waals surface area contributed by atoms with Crippen LogP contribution in [-0.4, -0.2) is 22.6 Å². The van der Waals surface area contributed by atoms with Gasteiger partial charge in [-0.3, -0.25) is 19.8 Å². The van der Waals surface area contributed by atoms with Crippen molar-refractivity contribution in [2.24, 2.45) is 9.98 Å². The highest BCUT2D eigenvalue weighted by atomic mass is 35.5. The molecule has 1 aromatic rings. The van der Waals surface area contributed by atoms with Crippen LogP contribution in [0.15, 0.2) is 14.8 Å². The van der Waals surface area contributed by atoms with Gasteiger partial charge in [0.1, 0.15) is 0 Å². The second kappa shape index (κ2) is 5.09. The summed E-state index contributed by atoms with van der Waals surface area (Å²) in [5.74, 6) is 0.0808. The first-order chi connectivity index (χ1) is 6.16. The van der Waals surface area contributed by atoms with E-state index in [9.17, 15) is 4.79 Å². The summed E-state index contributed by atoms with van der Waals surface area (Å²) in [6, 6.07) is 0.0408. The van der Waals surface area contributed by atoms with E-state index in [1.54, 1.807) is 0 Å². The number of nitrogens with two attached hydrogens (primary N) is 1. The summed E-state index contributed by atoms with van der Waals surface area (Å²) in [6.07, 6.45) is 0. The molecule has 0 saturated carbocycles. The number of hydrogen-bond acceptors (Lipinski definition) is 5. The molecule has 0 aliphatic carbocycles. The van der Waals surface area contributed by atoms with E-state index < -0.39 is 0 Å². The minimum atomic E-state index is -0.321. The Morgan fingerprint density at radius 3 is 2.80 bits per heavy atom. The van der Waals surface area contributed by atoms with Crippen LogP contribution < -0.4 is 22.1 Å². The fraction of sp³-hybridized carbons (Fsp3) is 0.429. The number of halogens is 2. The molecule has 8 heteroatoms. The number of anilines is 1. The highest BCUT2D eigenvalue weighted by Gasteiger charge is 2.07. The summed E-state index contributed by atoms with van der Waals surface area (Å²) in [5, 5.41) is 0.285. The number of nitrogen functional groups attached to an aromatic ring is 1. The molecule has 0 saturated heterocycles. The van der Waals surface area contributed by atoms with Crippen LogP contribution >= 0.6 is 24.8 Å². The number of fused-ring (bicyclic) bond motifs is 1. The molecule has 0 amide bonds. The molecule has 0 aromatic carbocycles. The SMILES string of the molecule is CC1CN=c2nc(N)[nH]c(=O)c2=N1.Cl.Cl. The summed E-state index contributed by atoms with van der Waals surface area (Å²) < 4.78 is 0. The van der Waals surface area contributed by atoms with Crippen molar-refractivity contribution in [3.05, 3.63) is 21.2 Å². The molecule has 1 aliphatic rings. The molecule has 0 fully saturated rings. The van der Waals surface area contributed by atoms with Crippen molar-refractivity contribution >= 4 is 30.8 Å². The molecule has 84 valence electrons. The van der Waals surface area contributed by atoms with E-state index in [1.165, 1.54) is 0 Å². The molecule has 15 heavy (non-hydrogen) atoms. The zero-order valence-corrected chi connectivity index (χ0v) is 9.56. The molecule has 0 radical (unpaired) electrons. The van der Waals surface area contributed by atoms with Gasteiger partial charge < -0.3 is 5.73 Å². The lowest BCUT2D eigenvalue weighted by Crippen LogP contribution is -2.47. The van der Waals surface area contributed by atoms with E-state index in [0.29, 0.717) is 12.0 Å². The molecule has 1 aromatic heterocycles. The van der Waals surface area contributed by atoms with Gasteiger partial charge in [-0.05, 0) is 6.92 Å². The van der Waals surface area contributed by atoms with Crippen molar-refractivity contribution in [1.29, 1.82) is 0 Å². The van der Waals surface area contributed by atoms with Gasteiger partial charge in [-0.1, -0.05) is 0 Å². The molecule has 6 nitrogen and oxygen atoms in total. The van der Waals surface area contributed by atoms with Gasteiger partial charge >= 0.3 is 0 Å². The molecule has 2 rings (SSSR count). The number of nitrogens with one attached hydrogen (secondary N) is 1. The summed E-state index contributed by atoms with van der Waals surface area (Å²) in [7, 11) is 0. The number of aromatic nitrogens is 2. The third-order valence-electron chi connectivity index (χ3n) is 1.75. The van der Waals surface area contributed by atoms with Crippen LogP contribution in [0.25, 0.3) is 0 Å². The molecule has 0 bridgehead atoms. The standard InChI is InChI=1S/C7H9N5O.2ClH/c1-3-2-9-5-4(10-3)6(13)12-7(8)11-5;;/h3H,2H2,1H3,(H3,8,9,11,12,13);2*1H. The van der Waals surface area contributed by atoms with Gasteiger partial charge in [-0.15, -0.1) is 24.8 Å². The largest absolute Gasteiger partial charge is 0.369 e. The van der Waals surface area contributed by atoms with Gasteiger partial charge in [0.05, 0.1) is 12.6 Å². The average molecular weight is 252 g/mol. The normalized spacial score (nSPS) is 17.3. The van der Waals surface area contributed by atoms with E-state index in [0.717, 1.165) is 0 Å². The van der Waals surface area contributed by atoms with Crippen molar-refractivity contribution < 1.29 is 0 Å². The molecular formula is C7H11Cl2N5O. The molecule has 1 aliphatic heterocycles. The van der Waals surface area contributed by atoms with Crippen LogP contribution in [-0.2, 0) is 0 Å². The van der Waals surface area contributed by atoms with Crippen LogP contribution in [0.1, 0.15) is 6.92 Å². The monoisotopic (exact) mass is 251 g/mol. The number of rotatable bonds is 0.